The normalized spacial score (nSPS) is 10.2. The van der Waals surface area contributed by atoms with Gasteiger partial charge in [0.15, 0.2) is 5.16 Å². The van der Waals surface area contributed by atoms with E-state index in [-0.39, 0.29) is 0 Å². The van der Waals surface area contributed by atoms with Crippen molar-refractivity contribution in [2.75, 3.05) is 5.73 Å². The van der Waals surface area contributed by atoms with Crippen LogP contribution in [0.4, 0.5) is 5.82 Å². The Hall–Kier alpha value is -1.56. The molecular weight excluding hydrogens is 186 g/mol. The minimum absolute atomic E-state index is 0.539. The number of anilines is 1. The standard InChI is InChI=1S/C7H7N5S/c8-6-5(4-11-12-6)13-7-9-2-1-3-10-7/h1-4H,(H3,8,11,12). The van der Waals surface area contributed by atoms with Gasteiger partial charge in [0.2, 0.25) is 0 Å². The topological polar surface area (TPSA) is 80.5 Å². The molecule has 13 heavy (non-hydrogen) atoms. The molecule has 0 saturated carbocycles. The highest BCUT2D eigenvalue weighted by atomic mass is 32.2. The van der Waals surface area contributed by atoms with Crippen LogP contribution in [0.15, 0.2) is 34.7 Å². The molecule has 0 saturated heterocycles. The van der Waals surface area contributed by atoms with E-state index in [4.69, 9.17) is 5.73 Å². The van der Waals surface area contributed by atoms with Crippen molar-refractivity contribution >= 4 is 17.6 Å². The Labute approximate surface area is 78.8 Å². The highest BCUT2D eigenvalue weighted by Gasteiger charge is 2.04. The quantitative estimate of drug-likeness (QED) is 0.693. The minimum Gasteiger partial charge on any atom is -0.383 e. The molecule has 0 atom stereocenters. The SMILES string of the molecule is Nc1[nH]ncc1Sc1ncccn1. The second kappa shape index (κ2) is 3.44. The molecule has 0 unspecified atom stereocenters. The lowest BCUT2D eigenvalue weighted by Gasteiger charge is -1.95. The van der Waals surface area contributed by atoms with Crippen LogP contribution in [0.5, 0.6) is 0 Å². The van der Waals surface area contributed by atoms with Gasteiger partial charge in [-0.1, -0.05) is 0 Å². The molecule has 6 heteroatoms. The summed E-state index contributed by atoms with van der Waals surface area (Å²) >= 11 is 1.38. The lowest BCUT2D eigenvalue weighted by atomic mass is 10.7. The average molecular weight is 193 g/mol. The summed E-state index contributed by atoms with van der Waals surface area (Å²) in [6.07, 6.45) is 5.02. The number of aromatic nitrogens is 4. The molecule has 5 nitrogen and oxygen atoms in total. The summed E-state index contributed by atoms with van der Waals surface area (Å²) in [5, 5.41) is 7.09. The summed E-state index contributed by atoms with van der Waals surface area (Å²) in [5.41, 5.74) is 5.59. The zero-order valence-electron chi connectivity index (χ0n) is 6.64. The van der Waals surface area contributed by atoms with Gasteiger partial charge in [-0.05, 0) is 17.8 Å². The first-order valence-corrected chi connectivity index (χ1v) is 4.41. The molecular formula is C7H7N5S. The molecule has 2 heterocycles. The predicted octanol–water partition coefficient (Wildman–Crippen LogP) is 0.933. The van der Waals surface area contributed by atoms with Crippen LogP contribution in [0.2, 0.25) is 0 Å². The molecule has 0 aliphatic rings. The Balaban J connectivity index is 2.20. The third kappa shape index (κ3) is 1.78. The van der Waals surface area contributed by atoms with E-state index in [1.54, 1.807) is 24.7 Å². The van der Waals surface area contributed by atoms with Crippen LogP contribution < -0.4 is 5.73 Å². The lowest BCUT2D eigenvalue weighted by molar-refractivity contribution is 0.967. The van der Waals surface area contributed by atoms with Crippen LogP contribution in [-0.4, -0.2) is 20.2 Å². The first-order chi connectivity index (χ1) is 6.36. The monoisotopic (exact) mass is 193 g/mol. The van der Waals surface area contributed by atoms with Crippen LogP contribution in [0.1, 0.15) is 0 Å². The Morgan fingerprint density at radius 3 is 2.69 bits per heavy atom. The maximum atomic E-state index is 5.59. The molecule has 0 amide bonds. The second-order valence-corrected chi connectivity index (χ2v) is 3.29. The number of nitrogens with two attached hydrogens (primary N) is 1. The van der Waals surface area contributed by atoms with Gasteiger partial charge in [-0.15, -0.1) is 0 Å². The summed E-state index contributed by atoms with van der Waals surface area (Å²) in [6.45, 7) is 0. The van der Waals surface area contributed by atoms with Crippen molar-refractivity contribution in [3.05, 3.63) is 24.7 Å². The Bertz CT molecular complexity index is 385. The van der Waals surface area contributed by atoms with Crippen molar-refractivity contribution in [2.45, 2.75) is 10.1 Å². The zero-order valence-corrected chi connectivity index (χ0v) is 7.45. The molecule has 66 valence electrons. The van der Waals surface area contributed by atoms with Gasteiger partial charge in [0.25, 0.3) is 0 Å². The predicted molar refractivity (Wildman–Crippen MR) is 49.2 cm³/mol. The van der Waals surface area contributed by atoms with Crippen molar-refractivity contribution in [2.24, 2.45) is 0 Å². The molecule has 0 aliphatic carbocycles. The van der Waals surface area contributed by atoms with Crippen LogP contribution in [0, 0.1) is 0 Å². The van der Waals surface area contributed by atoms with Crippen LogP contribution in [0.3, 0.4) is 0 Å². The average Bonchev–Trinajstić information content (AvgIpc) is 2.54. The number of aromatic amines is 1. The van der Waals surface area contributed by atoms with E-state index >= 15 is 0 Å². The van der Waals surface area contributed by atoms with Crippen LogP contribution in [0.25, 0.3) is 0 Å². The van der Waals surface area contributed by atoms with Gasteiger partial charge in [-0.25, -0.2) is 9.97 Å². The van der Waals surface area contributed by atoms with Gasteiger partial charge in [0, 0.05) is 12.4 Å². The van der Waals surface area contributed by atoms with E-state index in [9.17, 15) is 0 Å². The molecule has 2 aromatic heterocycles. The summed E-state index contributed by atoms with van der Waals surface area (Å²) < 4.78 is 0. The van der Waals surface area contributed by atoms with E-state index in [2.05, 4.69) is 20.2 Å². The fourth-order valence-electron chi connectivity index (χ4n) is 0.803. The van der Waals surface area contributed by atoms with E-state index in [1.165, 1.54) is 11.8 Å². The third-order valence-electron chi connectivity index (χ3n) is 1.38. The van der Waals surface area contributed by atoms with Gasteiger partial charge < -0.3 is 5.73 Å². The summed E-state index contributed by atoms with van der Waals surface area (Å²) in [7, 11) is 0. The van der Waals surface area contributed by atoms with Gasteiger partial charge in [-0.2, -0.15) is 5.10 Å². The number of hydrogen-bond donors (Lipinski definition) is 2. The number of nitrogen functional groups attached to an aromatic ring is 1. The fourth-order valence-corrected chi connectivity index (χ4v) is 1.49. The van der Waals surface area contributed by atoms with Crippen molar-refractivity contribution < 1.29 is 0 Å². The van der Waals surface area contributed by atoms with E-state index < -0.39 is 0 Å². The molecule has 0 bridgehead atoms. The molecule has 3 N–H and O–H groups in total. The fraction of sp³-hybridized carbons (Fsp3) is 0. The van der Waals surface area contributed by atoms with E-state index in [0.29, 0.717) is 11.0 Å². The first kappa shape index (κ1) is 8.06. The maximum Gasteiger partial charge on any atom is 0.192 e. The number of rotatable bonds is 2. The molecule has 0 aliphatic heterocycles. The van der Waals surface area contributed by atoms with Crippen molar-refractivity contribution in [1.29, 1.82) is 0 Å². The zero-order chi connectivity index (χ0) is 9.10. The van der Waals surface area contributed by atoms with Crippen molar-refractivity contribution in [3.63, 3.8) is 0 Å². The van der Waals surface area contributed by atoms with Gasteiger partial charge in [0.05, 0.1) is 11.1 Å². The highest BCUT2D eigenvalue weighted by molar-refractivity contribution is 7.99. The highest BCUT2D eigenvalue weighted by Crippen LogP contribution is 2.26. The molecule has 0 aromatic carbocycles. The molecule has 2 rings (SSSR count). The number of nitrogens with one attached hydrogen (secondary N) is 1. The molecule has 0 radical (unpaired) electrons. The number of H-pyrrole nitrogens is 1. The third-order valence-corrected chi connectivity index (χ3v) is 2.31. The lowest BCUT2D eigenvalue weighted by Crippen LogP contribution is -1.87. The molecule has 0 spiro atoms. The van der Waals surface area contributed by atoms with Gasteiger partial charge in [0.1, 0.15) is 5.82 Å². The molecule has 0 fully saturated rings. The van der Waals surface area contributed by atoms with Gasteiger partial charge in [-0.3, -0.25) is 5.10 Å². The second-order valence-electron chi connectivity index (χ2n) is 2.28. The Morgan fingerprint density at radius 2 is 2.08 bits per heavy atom. The smallest absolute Gasteiger partial charge is 0.192 e. The summed E-state index contributed by atoms with van der Waals surface area (Å²) in [6, 6.07) is 1.77. The number of hydrogen-bond acceptors (Lipinski definition) is 5. The maximum absolute atomic E-state index is 5.59. The van der Waals surface area contributed by atoms with Gasteiger partial charge >= 0.3 is 0 Å². The number of nitrogens with zero attached hydrogens (tertiary/aromatic N) is 3. The van der Waals surface area contributed by atoms with E-state index in [1.807, 2.05) is 0 Å². The van der Waals surface area contributed by atoms with Crippen LogP contribution >= 0.6 is 11.8 Å². The molecule has 2 aromatic rings. The first-order valence-electron chi connectivity index (χ1n) is 3.60. The minimum atomic E-state index is 0.539. The van der Waals surface area contributed by atoms with Crippen LogP contribution in [-0.2, 0) is 0 Å². The van der Waals surface area contributed by atoms with Crippen molar-refractivity contribution in [3.8, 4) is 0 Å². The Kier molecular flexibility index (Phi) is 2.13. The Morgan fingerprint density at radius 1 is 1.31 bits per heavy atom. The largest absolute Gasteiger partial charge is 0.383 e. The summed E-state index contributed by atoms with van der Waals surface area (Å²) in [5.74, 6) is 0.539. The summed E-state index contributed by atoms with van der Waals surface area (Å²) in [4.78, 5) is 8.94. The van der Waals surface area contributed by atoms with E-state index in [0.717, 1.165) is 4.90 Å². The van der Waals surface area contributed by atoms with Crippen molar-refractivity contribution in [1.82, 2.24) is 20.2 Å².